The highest BCUT2D eigenvalue weighted by Gasteiger charge is 2.28. The van der Waals surface area contributed by atoms with Gasteiger partial charge in [-0.25, -0.2) is 0 Å². The van der Waals surface area contributed by atoms with Crippen molar-refractivity contribution < 1.29 is 4.21 Å². The summed E-state index contributed by atoms with van der Waals surface area (Å²) >= 11 is 5.91. The Bertz CT molecular complexity index is 435. The lowest BCUT2D eigenvalue weighted by Gasteiger charge is -2.25. The SMILES string of the molecule is CCCNC1CCCCCC1S(=O)c1ccc(Cl)cc1. The topological polar surface area (TPSA) is 29.1 Å². The van der Waals surface area contributed by atoms with E-state index in [4.69, 9.17) is 11.6 Å². The summed E-state index contributed by atoms with van der Waals surface area (Å²) < 4.78 is 12.9. The second-order valence-electron chi connectivity index (χ2n) is 5.49. The lowest BCUT2D eigenvalue weighted by molar-refractivity contribution is 0.463. The maximum Gasteiger partial charge on any atom is 0.0576 e. The molecule has 0 radical (unpaired) electrons. The first-order valence-electron chi connectivity index (χ1n) is 7.62. The molecule has 2 rings (SSSR count). The standard InChI is InChI=1S/C16H24ClNOS/c1-2-12-18-15-6-4-3-5-7-16(15)20(19)14-10-8-13(17)9-11-14/h8-11,15-16,18H,2-7,12H2,1H3. The molecule has 3 unspecified atom stereocenters. The van der Waals surface area contributed by atoms with E-state index >= 15 is 0 Å². The van der Waals surface area contributed by atoms with Crippen LogP contribution in [0, 0.1) is 0 Å². The summed E-state index contributed by atoms with van der Waals surface area (Å²) in [6, 6.07) is 7.86. The van der Waals surface area contributed by atoms with Gasteiger partial charge in [0, 0.05) is 16.0 Å². The van der Waals surface area contributed by atoms with E-state index in [9.17, 15) is 4.21 Å². The third-order valence-corrected chi connectivity index (χ3v) is 6.03. The molecule has 4 heteroatoms. The highest BCUT2D eigenvalue weighted by molar-refractivity contribution is 7.85. The van der Waals surface area contributed by atoms with Gasteiger partial charge < -0.3 is 5.32 Å². The number of hydrogen-bond donors (Lipinski definition) is 1. The van der Waals surface area contributed by atoms with E-state index in [1.807, 2.05) is 24.3 Å². The summed E-state index contributed by atoms with van der Waals surface area (Å²) in [6.07, 6.45) is 7.01. The Balaban J connectivity index is 2.12. The average Bonchev–Trinajstić information content (AvgIpc) is 2.70. The van der Waals surface area contributed by atoms with E-state index in [1.54, 1.807) is 0 Å². The third kappa shape index (κ3) is 4.31. The van der Waals surface area contributed by atoms with E-state index in [-0.39, 0.29) is 5.25 Å². The molecule has 20 heavy (non-hydrogen) atoms. The molecule has 0 aromatic heterocycles. The zero-order valence-corrected chi connectivity index (χ0v) is 13.7. The maximum absolute atomic E-state index is 12.9. The molecule has 1 aromatic rings. The van der Waals surface area contributed by atoms with E-state index in [2.05, 4.69) is 12.2 Å². The van der Waals surface area contributed by atoms with Crippen molar-refractivity contribution in [3.63, 3.8) is 0 Å². The first kappa shape index (κ1) is 16.0. The Labute approximate surface area is 129 Å². The lowest BCUT2D eigenvalue weighted by atomic mass is 10.1. The van der Waals surface area contributed by atoms with Crippen LogP contribution in [0.1, 0.15) is 45.4 Å². The highest BCUT2D eigenvalue weighted by Crippen LogP contribution is 2.26. The van der Waals surface area contributed by atoms with Crippen LogP contribution in [0.3, 0.4) is 0 Å². The molecular formula is C16H24ClNOS. The van der Waals surface area contributed by atoms with E-state index in [0.717, 1.165) is 30.7 Å². The molecule has 1 aliphatic carbocycles. The van der Waals surface area contributed by atoms with Crippen molar-refractivity contribution in [1.82, 2.24) is 5.32 Å². The zero-order chi connectivity index (χ0) is 14.4. The Morgan fingerprint density at radius 2 is 1.90 bits per heavy atom. The molecule has 1 N–H and O–H groups in total. The molecule has 0 amide bonds. The number of benzene rings is 1. The predicted molar refractivity (Wildman–Crippen MR) is 86.8 cm³/mol. The minimum Gasteiger partial charge on any atom is -0.313 e. The minimum absolute atomic E-state index is 0.227. The minimum atomic E-state index is -0.944. The molecule has 0 saturated heterocycles. The second kappa shape index (κ2) is 8.16. The zero-order valence-electron chi connectivity index (χ0n) is 12.1. The predicted octanol–water partition coefficient (Wildman–Crippen LogP) is 4.15. The first-order valence-corrected chi connectivity index (χ1v) is 9.21. The second-order valence-corrected chi connectivity index (χ2v) is 7.60. The molecular weight excluding hydrogens is 290 g/mol. The molecule has 2 nitrogen and oxygen atoms in total. The van der Waals surface area contributed by atoms with Crippen LogP contribution in [0.2, 0.25) is 5.02 Å². The fourth-order valence-corrected chi connectivity index (χ4v) is 4.63. The van der Waals surface area contributed by atoms with Crippen molar-refractivity contribution >= 4 is 22.4 Å². The third-order valence-electron chi connectivity index (χ3n) is 3.93. The van der Waals surface area contributed by atoms with Crippen molar-refractivity contribution in [3.05, 3.63) is 29.3 Å². The van der Waals surface area contributed by atoms with Crippen LogP contribution in [0.15, 0.2) is 29.2 Å². The molecule has 0 heterocycles. The van der Waals surface area contributed by atoms with Crippen LogP contribution in [0.25, 0.3) is 0 Å². The molecule has 0 aliphatic heterocycles. The van der Waals surface area contributed by atoms with Crippen LogP contribution in [0.4, 0.5) is 0 Å². The van der Waals surface area contributed by atoms with Crippen molar-refractivity contribution in [2.24, 2.45) is 0 Å². The molecule has 112 valence electrons. The van der Waals surface area contributed by atoms with E-state index in [0.29, 0.717) is 11.1 Å². The molecule has 3 atom stereocenters. The van der Waals surface area contributed by atoms with Crippen molar-refractivity contribution in [3.8, 4) is 0 Å². The van der Waals surface area contributed by atoms with Gasteiger partial charge in [0.1, 0.15) is 0 Å². The fourth-order valence-electron chi connectivity index (χ4n) is 2.84. The highest BCUT2D eigenvalue weighted by atomic mass is 35.5. The quantitative estimate of drug-likeness (QED) is 0.827. The summed E-state index contributed by atoms with van der Waals surface area (Å²) in [5, 5.41) is 4.53. The number of rotatable bonds is 5. The smallest absolute Gasteiger partial charge is 0.0576 e. The van der Waals surface area contributed by atoms with Gasteiger partial charge in [0.15, 0.2) is 0 Å². The van der Waals surface area contributed by atoms with Gasteiger partial charge in [-0.1, -0.05) is 37.8 Å². The average molecular weight is 314 g/mol. The van der Waals surface area contributed by atoms with Gasteiger partial charge in [0.05, 0.1) is 16.0 Å². The fraction of sp³-hybridized carbons (Fsp3) is 0.625. The van der Waals surface area contributed by atoms with Gasteiger partial charge in [-0.3, -0.25) is 4.21 Å². The van der Waals surface area contributed by atoms with E-state index in [1.165, 1.54) is 19.3 Å². The summed E-state index contributed by atoms with van der Waals surface area (Å²) in [5.41, 5.74) is 0. The van der Waals surface area contributed by atoms with Gasteiger partial charge >= 0.3 is 0 Å². The van der Waals surface area contributed by atoms with E-state index < -0.39 is 10.8 Å². The molecule has 0 spiro atoms. The first-order chi connectivity index (χ1) is 9.72. The lowest BCUT2D eigenvalue weighted by Crippen LogP contribution is -2.41. The number of nitrogens with one attached hydrogen (secondary N) is 1. The van der Waals surface area contributed by atoms with Gasteiger partial charge in [0.25, 0.3) is 0 Å². The van der Waals surface area contributed by atoms with Crippen LogP contribution in [0.5, 0.6) is 0 Å². The van der Waals surface area contributed by atoms with Crippen LogP contribution >= 0.6 is 11.6 Å². The van der Waals surface area contributed by atoms with Crippen molar-refractivity contribution in [2.45, 2.75) is 61.6 Å². The molecule has 0 bridgehead atoms. The summed E-state index contributed by atoms with van der Waals surface area (Å²) in [7, 11) is -0.944. The largest absolute Gasteiger partial charge is 0.313 e. The Morgan fingerprint density at radius 3 is 2.60 bits per heavy atom. The molecule has 1 aromatic carbocycles. The molecule has 1 fully saturated rings. The Morgan fingerprint density at radius 1 is 1.20 bits per heavy atom. The van der Waals surface area contributed by atoms with Crippen LogP contribution < -0.4 is 5.32 Å². The molecule has 1 aliphatic rings. The molecule has 1 saturated carbocycles. The van der Waals surface area contributed by atoms with Gasteiger partial charge in [-0.05, 0) is 50.1 Å². The number of hydrogen-bond acceptors (Lipinski definition) is 2. The van der Waals surface area contributed by atoms with Crippen molar-refractivity contribution in [2.75, 3.05) is 6.54 Å². The van der Waals surface area contributed by atoms with Gasteiger partial charge in [-0.2, -0.15) is 0 Å². The summed E-state index contributed by atoms with van der Waals surface area (Å²) in [4.78, 5) is 0.907. The maximum atomic E-state index is 12.9. The monoisotopic (exact) mass is 313 g/mol. The Kier molecular flexibility index (Phi) is 6.53. The van der Waals surface area contributed by atoms with Gasteiger partial charge in [-0.15, -0.1) is 0 Å². The summed E-state index contributed by atoms with van der Waals surface area (Å²) in [6.45, 7) is 3.19. The van der Waals surface area contributed by atoms with Crippen molar-refractivity contribution in [1.29, 1.82) is 0 Å². The van der Waals surface area contributed by atoms with Gasteiger partial charge in [0.2, 0.25) is 0 Å². The Hall–Kier alpha value is -0.380. The summed E-state index contributed by atoms with van der Waals surface area (Å²) in [5.74, 6) is 0. The normalized spacial score (nSPS) is 25.1. The number of halogens is 1. The van der Waals surface area contributed by atoms with Crippen LogP contribution in [-0.2, 0) is 10.8 Å². The van der Waals surface area contributed by atoms with Crippen LogP contribution in [-0.4, -0.2) is 22.0 Å².